The number of benzene rings is 1. The van der Waals surface area contributed by atoms with Crippen LogP contribution in [-0.4, -0.2) is 15.1 Å². The monoisotopic (exact) mass is 400 g/mol. The number of H-pyrrole nitrogens is 1. The highest BCUT2D eigenvalue weighted by molar-refractivity contribution is 14.1. The van der Waals surface area contributed by atoms with E-state index in [0.717, 1.165) is 6.07 Å². The Morgan fingerprint density at radius 3 is 2.45 bits per heavy atom. The number of aromatic nitrogens is 2. The Morgan fingerprint density at radius 2 is 1.90 bits per heavy atom. The fourth-order valence-corrected chi connectivity index (χ4v) is 1.73. The first kappa shape index (κ1) is 14.8. The molecular formula is C11H5F4IN2O2. The van der Waals surface area contributed by atoms with Gasteiger partial charge in [-0.2, -0.15) is 18.2 Å². The first-order chi connectivity index (χ1) is 9.18. The Morgan fingerprint density at radius 1 is 1.25 bits per heavy atom. The van der Waals surface area contributed by atoms with E-state index < -0.39 is 29.0 Å². The summed E-state index contributed by atoms with van der Waals surface area (Å²) in [7, 11) is 0. The van der Waals surface area contributed by atoms with E-state index in [1.807, 2.05) is 0 Å². The lowest BCUT2D eigenvalue weighted by molar-refractivity contribution is -0.137. The van der Waals surface area contributed by atoms with Crippen LogP contribution >= 0.6 is 22.6 Å². The second kappa shape index (κ2) is 5.04. The number of aromatic hydroxyl groups is 1. The SMILES string of the molecule is O=c1[nH]c(-c2cc(F)cc(C(F)(F)F)c2)nc(O)c1I. The summed E-state index contributed by atoms with van der Waals surface area (Å²) in [6.45, 7) is 0. The van der Waals surface area contributed by atoms with Crippen LogP contribution in [0.3, 0.4) is 0 Å². The highest BCUT2D eigenvalue weighted by Crippen LogP contribution is 2.32. The van der Waals surface area contributed by atoms with Gasteiger partial charge in [0.15, 0.2) is 0 Å². The van der Waals surface area contributed by atoms with E-state index in [9.17, 15) is 27.5 Å². The summed E-state index contributed by atoms with van der Waals surface area (Å²) in [4.78, 5) is 17.1. The number of nitrogens with one attached hydrogen (secondary N) is 1. The van der Waals surface area contributed by atoms with Crippen molar-refractivity contribution in [2.24, 2.45) is 0 Å². The summed E-state index contributed by atoms with van der Waals surface area (Å²) in [6, 6.07) is 1.74. The molecule has 2 aromatic rings. The Hall–Kier alpha value is -1.65. The van der Waals surface area contributed by atoms with E-state index in [0.29, 0.717) is 12.1 Å². The molecule has 1 heterocycles. The third-order valence-electron chi connectivity index (χ3n) is 2.34. The predicted molar refractivity (Wildman–Crippen MR) is 69.6 cm³/mol. The molecule has 0 bridgehead atoms. The van der Waals surface area contributed by atoms with Crippen molar-refractivity contribution < 1.29 is 22.7 Å². The maximum Gasteiger partial charge on any atom is 0.416 e. The molecule has 4 nitrogen and oxygen atoms in total. The van der Waals surface area contributed by atoms with Gasteiger partial charge in [-0.25, -0.2) is 4.39 Å². The molecular weight excluding hydrogens is 395 g/mol. The first-order valence-corrected chi connectivity index (χ1v) is 6.13. The minimum absolute atomic E-state index is 0.112. The van der Waals surface area contributed by atoms with Crippen molar-refractivity contribution in [1.29, 1.82) is 0 Å². The number of rotatable bonds is 1. The number of hydrogen-bond acceptors (Lipinski definition) is 3. The first-order valence-electron chi connectivity index (χ1n) is 5.05. The molecule has 0 aliphatic heterocycles. The van der Waals surface area contributed by atoms with Gasteiger partial charge in [-0.1, -0.05) is 0 Å². The Labute approximate surface area is 122 Å². The van der Waals surface area contributed by atoms with Crippen LogP contribution in [0.4, 0.5) is 17.6 Å². The summed E-state index contributed by atoms with van der Waals surface area (Å²) in [5.41, 5.74) is -2.24. The predicted octanol–water partition coefficient (Wildman–Crippen LogP) is 2.91. The number of alkyl halides is 3. The lowest BCUT2D eigenvalue weighted by Gasteiger charge is -2.09. The van der Waals surface area contributed by atoms with E-state index in [-0.39, 0.29) is 15.0 Å². The van der Waals surface area contributed by atoms with Crippen LogP contribution in [0.5, 0.6) is 5.88 Å². The van der Waals surface area contributed by atoms with Gasteiger partial charge in [0.2, 0.25) is 5.88 Å². The van der Waals surface area contributed by atoms with Crippen molar-refractivity contribution >= 4 is 22.6 Å². The zero-order chi connectivity index (χ0) is 15.1. The summed E-state index contributed by atoms with van der Waals surface area (Å²) in [6.07, 6.45) is -4.73. The Bertz CT molecular complexity index is 727. The number of hydrogen-bond donors (Lipinski definition) is 2. The fourth-order valence-electron chi connectivity index (χ4n) is 1.47. The molecule has 0 saturated carbocycles. The van der Waals surface area contributed by atoms with Gasteiger partial charge < -0.3 is 10.1 Å². The van der Waals surface area contributed by atoms with E-state index in [2.05, 4.69) is 9.97 Å². The van der Waals surface area contributed by atoms with Gasteiger partial charge in [0, 0.05) is 5.56 Å². The van der Waals surface area contributed by atoms with Gasteiger partial charge in [-0.3, -0.25) is 4.79 Å². The second-order valence-electron chi connectivity index (χ2n) is 3.78. The van der Waals surface area contributed by atoms with Gasteiger partial charge in [-0.05, 0) is 40.8 Å². The van der Waals surface area contributed by atoms with E-state index in [1.165, 1.54) is 22.6 Å². The van der Waals surface area contributed by atoms with Crippen molar-refractivity contribution in [3.8, 4) is 17.3 Å². The fraction of sp³-hybridized carbons (Fsp3) is 0.0909. The maximum absolute atomic E-state index is 13.2. The van der Waals surface area contributed by atoms with Crippen LogP contribution in [0, 0.1) is 9.39 Å². The second-order valence-corrected chi connectivity index (χ2v) is 4.86. The number of nitrogens with zero attached hydrogens (tertiary/aromatic N) is 1. The smallest absolute Gasteiger partial charge is 0.416 e. The summed E-state index contributed by atoms with van der Waals surface area (Å²) in [5.74, 6) is -2.12. The molecule has 0 saturated heterocycles. The molecule has 0 aliphatic rings. The molecule has 20 heavy (non-hydrogen) atoms. The molecule has 0 radical (unpaired) electrons. The molecule has 0 amide bonds. The van der Waals surface area contributed by atoms with E-state index >= 15 is 0 Å². The van der Waals surface area contributed by atoms with Crippen molar-refractivity contribution in [3.05, 3.63) is 43.5 Å². The molecule has 2 rings (SSSR count). The number of halogens is 5. The molecule has 0 aliphatic carbocycles. The average Bonchev–Trinajstić information content (AvgIpc) is 2.33. The zero-order valence-electron chi connectivity index (χ0n) is 9.42. The van der Waals surface area contributed by atoms with E-state index in [4.69, 9.17) is 0 Å². The third-order valence-corrected chi connectivity index (χ3v) is 3.32. The van der Waals surface area contributed by atoms with Gasteiger partial charge in [0.05, 0.1) is 5.56 Å². The molecule has 2 N–H and O–H groups in total. The molecule has 106 valence electrons. The lowest BCUT2D eigenvalue weighted by atomic mass is 10.1. The summed E-state index contributed by atoms with van der Waals surface area (Å²) < 4.78 is 50.9. The third kappa shape index (κ3) is 2.92. The van der Waals surface area contributed by atoms with Crippen LogP contribution in [0.1, 0.15) is 5.56 Å². The largest absolute Gasteiger partial charge is 0.492 e. The van der Waals surface area contributed by atoms with Gasteiger partial charge in [0.25, 0.3) is 5.56 Å². The van der Waals surface area contributed by atoms with Crippen LogP contribution in [0.15, 0.2) is 23.0 Å². The molecule has 1 aromatic heterocycles. The number of aromatic amines is 1. The molecule has 0 spiro atoms. The van der Waals surface area contributed by atoms with Crippen LogP contribution < -0.4 is 5.56 Å². The molecule has 1 aromatic carbocycles. The van der Waals surface area contributed by atoms with Crippen molar-refractivity contribution in [2.75, 3.05) is 0 Å². The summed E-state index contributed by atoms with van der Waals surface area (Å²) >= 11 is 1.52. The molecule has 0 unspecified atom stereocenters. The van der Waals surface area contributed by atoms with Crippen LogP contribution in [-0.2, 0) is 6.18 Å². The van der Waals surface area contributed by atoms with Crippen LogP contribution in [0.2, 0.25) is 0 Å². The van der Waals surface area contributed by atoms with Gasteiger partial charge in [0.1, 0.15) is 15.2 Å². The maximum atomic E-state index is 13.2. The minimum atomic E-state index is -4.73. The van der Waals surface area contributed by atoms with Gasteiger partial charge >= 0.3 is 6.18 Å². The Balaban J connectivity index is 2.65. The van der Waals surface area contributed by atoms with Crippen molar-refractivity contribution in [1.82, 2.24) is 9.97 Å². The van der Waals surface area contributed by atoms with Crippen molar-refractivity contribution in [2.45, 2.75) is 6.18 Å². The molecule has 9 heteroatoms. The standard InChI is InChI=1S/C11H5F4IN2O2/c12-6-2-4(1-5(3-6)11(13,14)15)8-17-9(19)7(16)10(20)18-8/h1-3H,(H2,17,18,19,20). The highest BCUT2D eigenvalue weighted by Gasteiger charge is 2.31. The van der Waals surface area contributed by atoms with E-state index in [1.54, 1.807) is 0 Å². The van der Waals surface area contributed by atoms with Crippen molar-refractivity contribution in [3.63, 3.8) is 0 Å². The quantitative estimate of drug-likeness (QED) is 0.572. The zero-order valence-corrected chi connectivity index (χ0v) is 11.6. The molecule has 0 atom stereocenters. The van der Waals surface area contributed by atoms with Gasteiger partial charge in [-0.15, -0.1) is 0 Å². The minimum Gasteiger partial charge on any atom is -0.492 e. The summed E-state index contributed by atoms with van der Waals surface area (Å²) in [5, 5.41) is 9.39. The Kier molecular flexibility index (Phi) is 3.71. The molecule has 0 fully saturated rings. The highest BCUT2D eigenvalue weighted by atomic mass is 127. The topological polar surface area (TPSA) is 66.0 Å². The lowest BCUT2D eigenvalue weighted by Crippen LogP contribution is -2.13. The average molecular weight is 400 g/mol. The normalized spacial score (nSPS) is 11.7. The van der Waals surface area contributed by atoms with Crippen LogP contribution in [0.25, 0.3) is 11.4 Å².